The second kappa shape index (κ2) is 11.3. The molecule has 0 aromatic heterocycles. The van der Waals surface area contributed by atoms with E-state index in [0.29, 0.717) is 22.5 Å². The van der Waals surface area contributed by atoms with E-state index in [1.807, 2.05) is 0 Å². The fraction of sp³-hybridized carbons (Fsp3) is 0.286. The number of anilines is 1. The van der Waals surface area contributed by atoms with Gasteiger partial charge in [0.25, 0.3) is 5.91 Å². The van der Waals surface area contributed by atoms with Crippen LogP contribution < -0.4 is 15.4 Å². The van der Waals surface area contributed by atoms with Crippen LogP contribution in [0.15, 0.2) is 36.4 Å². The number of rotatable bonds is 9. The normalized spacial score (nSPS) is 10.4. The van der Waals surface area contributed by atoms with Gasteiger partial charge in [-0.25, -0.2) is 8.78 Å². The van der Waals surface area contributed by atoms with Crippen molar-refractivity contribution >= 4 is 35.0 Å². The van der Waals surface area contributed by atoms with Gasteiger partial charge in [0.15, 0.2) is 0 Å². The van der Waals surface area contributed by atoms with E-state index in [-0.39, 0.29) is 37.4 Å². The molecular weight excluding hydrogens is 432 g/mol. The number of nitrogens with zero attached hydrogens (tertiary/aromatic N) is 1. The topological polar surface area (TPSA) is 87.7 Å². The molecule has 3 amide bonds. The van der Waals surface area contributed by atoms with Crippen LogP contribution in [-0.4, -0.2) is 49.9 Å². The van der Waals surface area contributed by atoms with Gasteiger partial charge in [0.1, 0.15) is 17.4 Å². The van der Waals surface area contributed by atoms with Gasteiger partial charge >= 0.3 is 0 Å². The molecule has 166 valence electrons. The molecule has 0 radical (unpaired) electrons. The van der Waals surface area contributed by atoms with Crippen molar-refractivity contribution in [1.29, 1.82) is 0 Å². The minimum absolute atomic E-state index is 0.0659. The van der Waals surface area contributed by atoms with Crippen LogP contribution in [0, 0.1) is 11.6 Å². The van der Waals surface area contributed by atoms with Gasteiger partial charge < -0.3 is 20.3 Å². The first-order valence-corrected chi connectivity index (χ1v) is 9.69. The predicted molar refractivity (Wildman–Crippen MR) is 112 cm³/mol. The highest BCUT2D eigenvalue weighted by molar-refractivity contribution is 6.31. The molecule has 2 aromatic rings. The number of ether oxygens (including phenoxy) is 1. The Bertz CT molecular complexity index is 972. The quantitative estimate of drug-likeness (QED) is 0.571. The van der Waals surface area contributed by atoms with Gasteiger partial charge in [-0.1, -0.05) is 11.6 Å². The van der Waals surface area contributed by atoms with Crippen molar-refractivity contribution in [2.45, 2.75) is 12.8 Å². The molecule has 0 aliphatic rings. The number of methoxy groups -OCH3 is 1. The Hall–Kier alpha value is -3.20. The summed E-state index contributed by atoms with van der Waals surface area (Å²) in [5.41, 5.74) is 0.106. The summed E-state index contributed by atoms with van der Waals surface area (Å²) < 4.78 is 31.6. The van der Waals surface area contributed by atoms with E-state index >= 15 is 0 Å². The number of hydrogen-bond acceptors (Lipinski definition) is 4. The fourth-order valence-electron chi connectivity index (χ4n) is 2.67. The first-order valence-electron chi connectivity index (χ1n) is 9.32. The van der Waals surface area contributed by atoms with E-state index in [9.17, 15) is 23.2 Å². The Morgan fingerprint density at radius 3 is 2.55 bits per heavy atom. The van der Waals surface area contributed by atoms with Crippen LogP contribution in [0.2, 0.25) is 5.02 Å². The zero-order valence-electron chi connectivity index (χ0n) is 17.0. The number of likely N-dealkylation sites (N-methyl/N-ethyl adjacent to an activating group) is 1. The Morgan fingerprint density at radius 1 is 1.13 bits per heavy atom. The van der Waals surface area contributed by atoms with Gasteiger partial charge in [0.2, 0.25) is 11.8 Å². The molecule has 31 heavy (non-hydrogen) atoms. The lowest BCUT2D eigenvalue weighted by atomic mass is 10.2. The minimum atomic E-state index is -0.962. The monoisotopic (exact) mass is 453 g/mol. The summed E-state index contributed by atoms with van der Waals surface area (Å²) in [7, 11) is 2.93. The van der Waals surface area contributed by atoms with E-state index in [1.54, 1.807) is 12.1 Å². The summed E-state index contributed by atoms with van der Waals surface area (Å²) in [6.45, 7) is -0.0806. The molecular formula is C21H22ClF2N3O4. The third-order valence-electron chi connectivity index (χ3n) is 4.27. The second-order valence-corrected chi connectivity index (χ2v) is 7.06. The standard InChI is InChI=1S/C21H22ClF2N3O4/c1-27(12-19(28)26-17-10-13(22)5-8-18(17)31-2)20(29)4-3-9-25-21(30)15-7-6-14(23)11-16(15)24/h5-8,10-11H,3-4,9,12H2,1-2H3,(H,25,30)(H,26,28). The average Bonchev–Trinajstić information content (AvgIpc) is 2.70. The van der Waals surface area contributed by atoms with Crippen molar-refractivity contribution in [2.75, 3.05) is 32.6 Å². The van der Waals surface area contributed by atoms with Crippen molar-refractivity contribution in [3.63, 3.8) is 0 Å². The maximum Gasteiger partial charge on any atom is 0.254 e. The zero-order chi connectivity index (χ0) is 23.0. The number of benzene rings is 2. The maximum absolute atomic E-state index is 13.6. The summed E-state index contributed by atoms with van der Waals surface area (Å²) in [6.07, 6.45) is 0.345. The molecule has 0 heterocycles. The number of carbonyl (C=O) groups excluding carboxylic acids is 3. The van der Waals surface area contributed by atoms with Crippen LogP contribution in [0.25, 0.3) is 0 Å². The Labute approximate surface area is 183 Å². The van der Waals surface area contributed by atoms with Gasteiger partial charge in [-0.05, 0) is 36.8 Å². The Kier molecular flexibility index (Phi) is 8.75. The van der Waals surface area contributed by atoms with Crippen molar-refractivity contribution < 1.29 is 27.9 Å². The summed E-state index contributed by atoms with van der Waals surface area (Å²) in [6, 6.07) is 7.42. The van der Waals surface area contributed by atoms with E-state index < -0.39 is 23.4 Å². The van der Waals surface area contributed by atoms with Crippen LogP contribution in [-0.2, 0) is 9.59 Å². The number of amides is 3. The molecule has 2 N–H and O–H groups in total. The highest BCUT2D eigenvalue weighted by Crippen LogP contribution is 2.27. The van der Waals surface area contributed by atoms with Crippen molar-refractivity contribution in [2.24, 2.45) is 0 Å². The molecule has 0 atom stereocenters. The lowest BCUT2D eigenvalue weighted by Crippen LogP contribution is -2.35. The van der Waals surface area contributed by atoms with Crippen molar-refractivity contribution in [3.8, 4) is 5.75 Å². The first-order chi connectivity index (χ1) is 14.7. The number of nitrogens with one attached hydrogen (secondary N) is 2. The molecule has 7 nitrogen and oxygen atoms in total. The third kappa shape index (κ3) is 7.21. The summed E-state index contributed by atoms with van der Waals surface area (Å²) in [5, 5.41) is 5.52. The van der Waals surface area contributed by atoms with Crippen LogP contribution in [0.4, 0.5) is 14.5 Å². The molecule has 2 aromatic carbocycles. The lowest BCUT2D eigenvalue weighted by molar-refractivity contribution is -0.133. The molecule has 0 spiro atoms. The van der Waals surface area contributed by atoms with E-state index in [4.69, 9.17) is 16.3 Å². The molecule has 2 rings (SSSR count). The van der Waals surface area contributed by atoms with Gasteiger partial charge in [-0.2, -0.15) is 0 Å². The zero-order valence-corrected chi connectivity index (χ0v) is 17.8. The number of carbonyl (C=O) groups is 3. The molecule has 0 aliphatic carbocycles. The average molecular weight is 454 g/mol. The van der Waals surface area contributed by atoms with Gasteiger partial charge in [0.05, 0.1) is 24.9 Å². The number of hydrogen-bond donors (Lipinski definition) is 2. The molecule has 0 fully saturated rings. The lowest BCUT2D eigenvalue weighted by Gasteiger charge is -2.17. The molecule has 10 heteroatoms. The Morgan fingerprint density at radius 2 is 1.87 bits per heavy atom. The Balaban J connectivity index is 1.76. The predicted octanol–water partition coefficient (Wildman–Crippen LogP) is 3.23. The summed E-state index contributed by atoms with van der Waals surface area (Å²) in [5.74, 6) is -2.75. The van der Waals surface area contributed by atoms with E-state index in [2.05, 4.69) is 10.6 Å². The molecule has 0 bridgehead atoms. The van der Waals surface area contributed by atoms with Crippen LogP contribution in [0.5, 0.6) is 5.75 Å². The van der Waals surface area contributed by atoms with E-state index in [0.717, 1.165) is 12.1 Å². The highest BCUT2D eigenvalue weighted by Gasteiger charge is 2.16. The SMILES string of the molecule is COc1ccc(Cl)cc1NC(=O)CN(C)C(=O)CCCNC(=O)c1ccc(F)cc1F. The van der Waals surface area contributed by atoms with Crippen LogP contribution in [0.3, 0.4) is 0 Å². The van der Waals surface area contributed by atoms with Crippen LogP contribution >= 0.6 is 11.6 Å². The smallest absolute Gasteiger partial charge is 0.254 e. The third-order valence-corrected chi connectivity index (χ3v) is 4.51. The highest BCUT2D eigenvalue weighted by atomic mass is 35.5. The first kappa shape index (κ1) is 24.1. The van der Waals surface area contributed by atoms with Gasteiger partial charge in [0, 0.05) is 31.1 Å². The summed E-state index contributed by atoms with van der Waals surface area (Å²) >= 11 is 5.92. The van der Waals surface area contributed by atoms with E-state index in [1.165, 1.54) is 25.1 Å². The summed E-state index contributed by atoms with van der Waals surface area (Å²) in [4.78, 5) is 37.6. The van der Waals surface area contributed by atoms with Crippen LogP contribution in [0.1, 0.15) is 23.2 Å². The van der Waals surface area contributed by atoms with Crippen molar-refractivity contribution in [3.05, 3.63) is 58.6 Å². The molecule has 0 saturated heterocycles. The number of halogens is 3. The maximum atomic E-state index is 13.6. The second-order valence-electron chi connectivity index (χ2n) is 6.63. The molecule has 0 aliphatic heterocycles. The minimum Gasteiger partial charge on any atom is -0.495 e. The largest absolute Gasteiger partial charge is 0.495 e. The molecule has 0 unspecified atom stereocenters. The van der Waals surface area contributed by atoms with Gasteiger partial charge in [-0.3, -0.25) is 14.4 Å². The van der Waals surface area contributed by atoms with Gasteiger partial charge in [-0.15, -0.1) is 0 Å². The fourth-order valence-corrected chi connectivity index (χ4v) is 2.84. The molecule has 0 saturated carbocycles. The van der Waals surface area contributed by atoms with Crippen molar-refractivity contribution in [1.82, 2.24) is 10.2 Å².